The molecule has 0 rings (SSSR count). The molecule has 0 N–H and O–H groups in total. The molecule has 5 heavy (non-hydrogen) atoms. The Balaban J connectivity index is 0. The topological polar surface area (TPSA) is 0 Å². The Morgan fingerprint density at radius 3 is 1.00 bits per heavy atom. The molecule has 0 aromatic carbocycles. The van der Waals surface area contributed by atoms with Gasteiger partial charge in [0.1, 0.15) is 0 Å². The monoisotopic (exact) mass is 438 g/mol. The Hall–Kier alpha value is 3.93. The zero-order valence-corrected chi connectivity index (χ0v) is 7.77. The van der Waals surface area contributed by atoms with Crippen LogP contribution in [0.3, 0.4) is 0 Å². The molecule has 0 heterocycles. The molecular formula is H9BaInSSeZn. The van der Waals surface area contributed by atoms with Crippen molar-refractivity contribution in [1.29, 1.82) is 0 Å². The molecule has 0 saturated carbocycles. The fourth-order valence-electron chi connectivity index (χ4n) is 0. The van der Waals surface area contributed by atoms with Crippen LogP contribution in [0.1, 0.15) is 0 Å². The van der Waals surface area contributed by atoms with Gasteiger partial charge >= 0.3 is 91.8 Å². The molecule has 0 nitrogen and oxygen atoms in total. The van der Waals surface area contributed by atoms with E-state index in [1.165, 1.54) is 0 Å². The van der Waals surface area contributed by atoms with E-state index in [9.17, 15) is 0 Å². The molecule has 0 bridgehead atoms. The molecule has 0 atom stereocenters. The predicted molar refractivity (Wildman–Crippen MR) is 37.4 cm³/mol. The van der Waals surface area contributed by atoms with Gasteiger partial charge in [-0.3, -0.25) is 0 Å². The first-order valence-electron chi connectivity index (χ1n) is 0. The zero-order chi connectivity index (χ0) is 0. The summed E-state index contributed by atoms with van der Waals surface area (Å²) in [7, 11) is 0. The number of hydrogen-bond donors (Lipinski definition) is 0. The summed E-state index contributed by atoms with van der Waals surface area (Å²) >= 11 is 0. The summed E-state index contributed by atoms with van der Waals surface area (Å²) in [5.74, 6) is 0. The first-order chi connectivity index (χ1) is 0. The van der Waals surface area contributed by atoms with Gasteiger partial charge in [0.25, 0.3) is 0 Å². The summed E-state index contributed by atoms with van der Waals surface area (Å²) < 4.78 is 0. The average molecular weight is 438 g/mol. The van der Waals surface area contributed by atoms with Gasteiger partial charge in [0, 0.05) is 19.5 Å². The first-order valence-corrected chi connectivity index (χ1v) is 0. The van der Waals surface area contributed by atoms with Gasteiger partial charge in [-0.05, 0) is 0 Å². The van der Waals surface area contributed by atoms with Gasteiger partial charge < -0.3 is 0 Å². The molecule has 0 spiro atoms. The van der Waals surface area contributed by atoms with E-state index in [2.05, 4.69) is 0 Å². The van der Waals surface area contributed by atoms with Gasteiger partial charge in [-0.25, -0.2) is 0 Å². The fourth-order valence-corrected chi connectivity index (χ4v) is 0. The van der Waals surface area contributed by atoms with Crippen molar-refractivity contribution in [3.05, 3.63) is 0 Å². The first kappa shape index (κ1) is 36.3. The average Bonchev–Trinajstić information content (AvgIpc) is 0. The summed E-state index contributed by atoms with van der Waals surface area (Å²) in [6.07, 6.45) is 0. The van der Waals surface area contributed by atoms with Crippen LogP contribution in [0.4, 0.5) is 0 Å². The van der Waals surface area contributed by atoms with Crippen LogP contribution in [0.15, 0.2) is 0 Å². The van der Waals surface area contributed by atoms with Crippen molar-refractivity contribution in [2.24, 2.45) is 0 Å². The molecule has 0 aliphatic carbocycles. The van der Waals surface area contributed by atoms with E-state index in [0.29, 0.717) is 0 Å². The van der Waals surface area contributed by atoms with E-state index in [-0.39, 0.29) is 125 Å². The van der Waals surface area contributed by atoms with Crippen molar-refractivity contribution in [3.63, 3.8) is 0 Å². The second kappa shape index (κ2) is 24.6. The quantitative estimate of drug-likeness (QED) is 0.357. The van der Waals surface area contributed by atoms with Crippen LogP contribution in [-0.4, -0.2) is 91.8 Å². The zero-order valence-electron chi connectivity index (χ0n) is 1.71. The van der Waals surface area contributed by atoms with Crippen molar-refractivity contribution < 1.29 is 19.5 Å². The maximum Gasteiger partial charge on any atom is 0 e. The summed E-state index contributed by atoms with van der Waals surface area (Å²) in [4.78, 5) is 0. The third kappa shape index (κ3) is 18.1. The van der Waals surface area contributed by atoms with E-state index in [4.69, 9.17) is 0 Å². The van der Waals surface area contributed by atoms with Gasteiger partial charge in [-0.15, -0.1) is 0 Å². The minimum atomic E-state index is 0. The van der Waals surface area contributed by atoms with E-state index in [0.717, 1.165) is 0 Å². The van der Waals surface area contributed by atoms with Crippen molar-refractivity contribution >= 4 is 105 Å². The van der Waals surface area contributed by atoms with Crippen LogP contribution in [0.5, 0.6) is 0 Å². The molecule has 0 unspecified atom stereocenters. The second-order valence-corrected chi connectivity index (χ2v) is 0. The summed E-state index contributed by atoms with van der Waals surface area (Å²) in [6.45, 7) is 0. The molecule has 28 valence electrons. The third-order valence-electron chi connectivity index (χ3n) is 0. The Morgan fingerprint density at radius 2 is 1.00 bits per heavy atom. The van der Waals surface area contributed by atoms with Crippen LogP contribution < -0.4 is 0 Å². The van der Waals surface area contributed by atoms with E-state index < -0.39 is 0 Å². The van der Waals surface area contributed by atoms with Crippen LogP contribution in [0.2, 0.25) is 0 Å². The molecule has 0 radical (unpaired) electrons. The fraction of sp³-hybridized carbons (Fsp3) is 0. The molecule has 0 aliphatic rings. The Kier molecular flexibility index (Phi) is 179. The Morgan fingerprint density at radius 1 is 1.00 bits per heavy atom. The van der Waals surface area contributed by atoms with Crippen molar-refractivity contribution in [1.82, 2.24) is 0 Å². The van der Waals surface area contributed by atoms with E-state index in [1.54, 1.807) is 0 Å². The third-order valence-corrected chi connectivity index (χ3v) is 0. The molecule has 0 fully saturated rings. The van der Waals surface area contributed by atoms with Crippen LogP contribution in [-0.2, 0) is 19.5 Å². The van der Waals surface area contributed by atoms with Crippen molar-refractivity contribution in [2.45, 2.75) is 0 Å². The van der Waals surface area contributed by atoms with Crippen LogP contribution in [0, 0.1) is 0 Å². The summed E-state index contributed by atoms with van der Waals surface area (Å²) in [5, 5.41) is 0. The minimum absolute atomic E-state index is 0. The predicted octanol–water partition coefficient (Wildman–Crippen LogP) is -2.91. The smallest absolute Gasteiger partial charge is 0 e. The standard InChI is InChI=1S/Ba.In.H2S.H2Se.Zn.5H/h;;2*1H2;;;;;;. The normalized spacial score (nSPS) is 0. The van der Waals surface area contributed by atoms with Gasteiger partial charge in [0.15, 0.2) is 0 Å². The Labute approximate surface area is 122 Å². The molecule has 0 amide bonds. The van der Waals surface area contributed by atoms with Gasteiger partial charge in [-0.2, -0.15) is 13.5 Å². The molecular weight excluding hydrogens is 429 g/mol. The van der Waals surface area contributed by atoms with E-state index in [1.807, 2.05) is 0 Å². The maximum absolute atomic E-state index is 0. The summed E-state index contributed by atoms with van der Waals surface area (Å²) in [6, 6.07) is 0. The van der Waals surface area contributed by atoms with Gasteiger partial charge in [0.2, 0.25) is 0 Å². The molecule has 0 saturated heterocycles. The van der Waals surface area contributed by atoms with Crippen LogP contribution in [0.25, 0.3) is 0 Å². The Bertz CT molecular complexity index is 11.6. The molecule has 0 aromatic rings. The second-order valence-electron chi connectivity index (χ2n) is 0. The number of rotatable bonds is 0. The maximum atomic E-state index is 0. The molecule has 5 heteroatoms. The van der Waals surface area contributed by atoms with Crippen molar-refractivity contribution in [2.75, 3.05) is 0 Å². The molecule has 0 aliphatic heterocycles. The minimum Gasteiger partial charge on any atom is 0 e. The number of hydrogen-bond acceptors (Lipinski definition) is 0. The molecule has 0 aromatic heterocycles. The van der Waals surface area contributed by atoms with Crippen molar-refractivity contribution in [3.8, 4) is 0 Å². The van der Waals surface area contributed by atoms with Crippen LogP contribution >= 0.6 is 13.5 Å². The van der Waals surface area contributed by atoms with Gasteiger partial charge in [-0.1, -0.05) is 0 Å². The van der Waals surface area contributed by atoms with E-state index >= 15 is 0 Å². The summed E-state index contributed by atoms with van der Waals surface area (Å²) in [5.41, 5.74) is 0. The SMILES string of the molecule is S.[BaH2].[InH3].[SeH2].[Zn]. The largest absolute Gasteiger partial charge is 0 e. The van der Waals surface area contributed by atoms with Gasteiger partial charge in [0.05, 0.1) is 0 Å².